The number of carbonyl (C=O) groups is 1. The Balaban J connectivity index is 1.28. The van der Waals surface area contributed by atoms with E-state index in [1.54, 1.807) is 13.1 Å². The summed E-state index contributed by atoms with van der Waals surface area (Å²) in [5.41, 5.74) is 0.0812. The zero-order valence-electron chi connectivity index (χ0n) is 21.1. The molecule has 0 amide bonds. The SMILES string of the molecule is CNc1cc(F)ccc1N(N)CC(=O)[C@H]1CC[C@H]2[C@@H]3CC[C@@H]4C[C@@](O)(CF)CC[C@@H]4[C@H]3CC[C@]12C. The standard InChI is InChI=1S/C28H41F2N3O2/c1-27-11-9-20-19-10-12-28(35,16-29)14-17(19)3-5-21(20)22(27)6-7-23(27)26(34)15-33(31)25-8-4-18(30)13-24(25)32-2/h4,8,13,17,19-23,32,35H,3,5-7,9-12,14-16,31H2,1-2H3/t17-,19+,20-,21-,22+,23-,27+,28-/m1/s1. The lowest BCUT2D eigenvalue weighted by Gasteiger charge is -2.57. The van der Waals surface area contributed by atoms with Crippen molar-refractivity contribution in [3.05, 3.63) is 24.0 Å². The Morgan fingerprint density at radius 1 is 1.14 bits per heavy atom. The van der Waals surface area contributed by atoms with Gasteiger partial charge in [0, 0.05) is 13.0 Å². The molecule has 1 aromatic carbocycles. The molecule has 1 aromatic rings. The maximum Gasteiger partial charge on any atom is 0.157 e. The lowest BCUT2D eigenvalue weighted by atomic mass is 9.49. The van der Waals surface area contributed by atoms with Gasteiger partial charge in [-0.1, -0.05) is 6.92 Å². The van der Waals surface area contributed by atoms with Crippen LogP contribution in [0.15, 0.2) is 18.2 Å². The van der Waals surface area contributed by atoms with Crippen molar-refractivity contribution in [1.29, 1.82) is 0 Å². The molecular formula is C28H41F2N3O2. The molecule has 4 aliphatic carbocycles. The number of nitrogens with two attached hydrogens (primary N) is 1. The number of nitrogens with one attached hydrogen (secondary N) is 1. The third kappa shape index (κ3) is 4.26. The van der Waals surface area contributed by atoms with Gasteiger partial charge in [-0.2, -0.15) is 0 Å². The monoisotopic (exact) mass is 489 g/mol. The van der Waals surface area contributed by atoms with Crippen molar-refractivity contribution in [3.63, 3.8) is 0 Å². The smallest absolute Gasteiger partial charge is 0.157 e. The van der Waals surface area contributed by atoms with Crippen LogP contribution in [0.4, 0.5) is 20.2 Å². The predicted octanol–water partition coefficient (Wildman–Crippen LogP) is 5.09. The molecule has 0 aliphatic heterocycles. The molecule has 5 rings (SSSR count). The highest BCUT2D eigenvalue weighted by molar-refractivity contribution is 5.87. The molecule has 0 unspecified atom stereocenters. The minimum atomic E-state index is -1.10. The fraction of sp³-hybridized carbons (Fsp3) is 0.750. The Hall–Kier alpha value is -1.73. The fourth-order valence-electron chi connectivity index (χ4n) is 8.94. The van der Waals surface area contributed by atoms with Crippen LogP contribution in [0.2, 0.25) is 0 Å². The van der Waals surface area contributed by atoms with E-state index in [4.69, 9.17) is 5.84 Å². The maximum absolute atomic E-state index is 13.6. The molecule has 0 spiro atoms. The van der Waals surface area contributed by atoms with Gasteiger partial charge in [0.2, 0.25) is 0 Å². The van der Waals surface area contributed by atoms with E-state index in [9.17, 15) is 18.7 Å². The number of halogens is 2. The summed E-state index contributed by atoms with van der Waals surface area (Å²) in [7, 11) is 1.72. The van der Waals surface area contributed by atoms with Gasteiger partial charge in [0.1, 0.15) is 12.5 Å². The summed E-state index contributed by atoms with van der Waals surface area (Å²) < 4.78 is 27.1. The number of carbonyl (C=O) groups excluding carboxylic acids is 1. The average molecular weight is 490 g/mol. The molecule has 4 saturated carbocycles. The van der Waals surface area contributed by atoms with Gasteiger partial charge in [-0.05, 0) is 111 Å². The number of Topliss-reactive ketones (excluding diaryl/α,β-unsaturated/α-hetero) is 1. The van der Waals surface area contributed by atoms with Crippen LogP contribution in [0.3, 0.4) is 0 Å². The number of aliphatic hydroxyl groups is 1. The molecule has 0 aromatic heterocycles. The fourth-order valence-corrected chi connectivity index (χ4v) is 8.94. The number of alkyl halides is 1. The Morgan fingerprint density at radius 3 is 2.66 bits per heavy atom. The zero-order chi connectivity index (χ0) is 25.0. The predicted molar refractivity (Wildman–Crippen MR) is 134 cm³/mol. The van der Waals surface area contributed by atoms with Crippen molar-refractivity contribution in [3.8, 4) is 0 Å². The number of benzene rings is 1. The minimum absolute atomic E-state index is 0.00121. The highest BCUT2D eigenvalue weighted by Crippen LogP contribution is 2.64. The van der Waals surface area contributed by atoms with Crippen molar-refractivity contribution >= 4 is 17.2 Å². The maximum atomic E-state index is 13.6. The van der Waals surface area contributed by atoms with Gasteiger partial charge in [0.25, 0.3) is 0 Å². The Kier molecular flexibility index (Phi) is 6.62. The highest BCUT2D eigenvalue weighted by atomic mass is 19.1. The third-order valence-electron chi connectivity index (χ3n) is 10.6. The number of hydrogen-bond acceptors (Lipinski definition) is 5. The van der Waals surface area contributed by atoms with E-state index in [0.29, 0.717) is 53.8 Å². The highest BCUT2D eigenvalue weighted by Gasteiger charge is 2.59. The lowest BCUT2D eigenvalue weighted by molar-refractivity contribution is -0.132. The number of anilines is 2. The molecule has 194 valence electrons. The Bertz CT molecular complexity index is 960. The van der Waals surface area contributed by atoms with Crippen LogP contribution in [0.5, 0.6) is 0 Å². The van der Waals surface area contributed by atoms with Crippen molar-refractivity contribution in [2.75, 3.05) is 30.6 Å². The van der Waals surface area contributed by atoms with E-state index in [-0.39, 0.29) is 29.5 Å². The molecule has 4 aliphatic rings. The van der Waals surface area contributed by atoms with Crippen molar-refractivity contribution in [2.45, 2.75) is 70.3 Å². The van der Waals surface area contributed by atoms with Crippen LogP contribution >= 0.6 is 0 Å². The van der Waals surface area contributed by atoms with Gasteiger partial charge in [0.05, 0.1) is 23.5 Å². The second-order valence-corrected chi connectivity index (χ2v) is 12.2. The Morgan fingerprint density at radius 2 is 1.91 bits per heavy atom. The molecule has 0 heterocycles. The van der Waals surface area contributed by atoms with E-state index in [2.05, 4.69) is 12.2 Å². The van der Waals surface area contributed by atoms with Crippen LogP contribution in [0.1, 0.15) is 64.7 Å². The molecule has 4 N–H and O–H groups in total. The van der Waals surface area contributed by atoms with Gasteiger partial charge in [0.15, 0.2) is 5.78 Å². The second-order valence-electron chi connectivity index (χ2n) is 12.2. The summed E-state index contributed by atoms with van der Waals surface area (Å²) in [4.78, 5) is 13.6. The lowest BCUT2D eigenvalue weighted by Crippen LogP contribution is -2.52. The van der Waals surface area contributed by atoms with Crippen molar-refractivity contribution < 1.29 is 18.7 Å². The summed E-state index contributed by atoms with van der Waals surface area (Å²) >= 11 is 0. The number of fused-ring (bicyclic) bond motifs is 5. The van der Waals surface area contributed by atoms with Gasteiger partial charge in [-0.25, -0.2) is 14.6 Å². The van der Waals surface area contributed by atoms with E-state index in [0.717, 1.165) is 44.9 Å². The normalized spacial score (nSPS) is 40.4. The first kappa shape index (κ1) is 24.9. The van der Waals surface area contributed by atoms with Crippen LogP contribution in [0, 0.1) is 46.7 Å². The van der Waals surface area contributed by atoms with Gasteiger partial charge in [-0.3, -0.25) is 4.79 Å². The molecule has 8 atom stereocenters. The number of hydrazine groups is 1. The van der Waals surface area contributed by atoms with Crippen LogP contribution < -0.4 is 16.2 Å². The minimum Gasteiger partial charge on any atom is -0.387 e. The van der Waals surface area contributed by atoms with E-state index in [1.807, 2.05) is 0 Å². The van der Waals surface area contributed by atoms with Crippen LogP contribution in [0.25, 0.3) is 0 Å². The molecule has 7 heteroatoms. The number of nitrogens with zero attached hydrogens (tertiary/aromatic N) is 1. The van der Waals surface area contributed by atoms with E-state index < -0.39 is 12.3 Å². The van der Waals surface area contributed by atoms with Crippen molar-refractivity contribution in [1.82, 2.24) is 0 Å². The molecule has 0 radical (unpaired) electrons. The third-order valence-corrected chi connectivity index (χ3v) is 10.6. The van der Waals surface area contributed by atoms with Crippen LogP contribution in [-0.4, -0.2) is 36.8 Å². The van der Waals surface area contributed by atoms with Crippen molar-refractivity contribution in [2.24, 2.45) is 46.8 Å². The second kappa shape index (κ2) is 9.29. The first-order chi connectivity index (χ1) is 16.7. The largest absolute Gasteiger partial charge is 0.387 e. The quantitative estimate of drug-likeness (QED) is 0.383. The summed E-state index contributed by atoms with van der Waals surface area (Å²) in [6, 6.07) is 4.37. The first-order valence-corrected chi connectivity index (χ1v) is 13.5. The van der Waals surface area contributed by atoms with E-state index in [1.165, 1.54) is 17.1 Å². The number of ketones is 1. The van der Waals surface area contributed by atoms with Crippen LogP contribution in [-0.2, 0) is 4.79 Å². The molecular weight excluding hydrogens is 448 g/mol. The summed E-state index contributed by atoms with van der Waals surface area (Å²) in [6.07, 6.45) is 8.53. The van der Waals surface area contributed by atoms with Gasteiger partial charge < -0.3 is 15.4 Å². The van der Waals surface area contributed by atoms with Gasteiger partial charge in [-0.15, -0.1) is 0 Å². The Labute approximate surface area is 207 Å². The molecule has 0 bridgehead atoms. The van der Waals surface area contributed by atoms with Gasteiger partial charge >= 0.3 is 0 Å². The molecule has 0 saturated heterocycles. The zero-order valence-corrected chi connectivity index (χ0v) is 21.1. The molecule has 4 fully saturated rings. The van der Waals surface area contributed by atoms with E-state index >= 15 is 0 Å². The average Bonchev–Trinajstić information content (AvgIpc) is 3.20. The summed E-state index contributed by atoms with van der Waals surface area (Å²) in [5, 5.41) is 15.0. The molecule has 35 heavy (non-hydrogen) atoms. The first-order valence-electron chi connectivity index (χ1n) is 13.5. The molecule has 5 nitrogen and oxygen atoms in total. The number of rotatable bonds is 6. The topological polar surface area (TPSA) is 78.6 Å². The summed E-state index contributed by atoms with van der Waals surface area (Å²) in [6.45, 7) is 1.82. The number of hydrogen-bond donors (Lipinski definition) is 3. The summed E-state index contributed by atoms with van der Waals surface area (Å²) in [5.74, 6) is 9.01.